The van der Waals surface area contributed by atoms with Crippen molar-refractivity contribution in [2.45, 2.75) is 26.2 Å². The van der Waals surface area contributed by atoms with Crippen molar-refractivity contribution in [1.82, 2.24) is 0 Å². The van der Waals surface area contributed by atoms with Crippen molar-refractivity contribution in [1.29, 1.82) is 0 Å². The van der Waals surface area contributed by atoms with Crippen LogP contribution in [0.2, 0.25) is 5.02 Å². The predicted octanol–water partition coefficient (Wildman–Crippen LogP) is 4.90. The van der Waals surface area contributed by atoms with Crippen LogP contribution < -0.4 is 4.74 Å². The second-order valence-electron chi connectivity index (χ2n) is 5.99. The van der Waals surface area contributed by atoms with E-state index in [0.717, 1.165) is 0 Å². The number of benzene rings is 2. The normalized spacial score (nSPS) is 11.2. The zero-order valence-electron chi connectivity index (χ0n) is 12.5. The van der Waals surface area contributed by atoms with E-state index in [4.69, 9.17) is 16.3 Å². The Morgan fingerprint density at radius 2 is 1.57 bits per heavy atom. The van der Waals surface area contributed by atoms with E-state index in [1.807, 2.05) is 24.3 Å². The third-order valence-corrected chi connectivity index (χ3v) is 3.51. The summed E-state index contributed by atoms with van der Waals surface area (Å²) in [4.78, 5) is 12.0. The van der Waals surface area contributed by atoms with Crippen LogP contribution in [0.5, 0.6) is 5.75 Å². The van der Waals surface area contributed by atoms with Crippen LogP contribution in [-0.4, -0.2) is 12.4 Å². The molecule has 2 aromatic carbocycles. The summed E-state index contributed by atoms with van der Waals surface area (Å²) in [6, 6.07) is 14.7. The second-order valence-corrected chi connectivity index (χ2v) is 6.43. The number of ketones is 1. The van der Waals surface area contributed by atoms with Crippen molar-refractivity contribution < 1.29 is 9.53 Å². The minimum Gasteiger partial charge on any atom is -0.485 e. The summed E-state index contributed by atoms with van der Waals surface area (Å²) in [6.07, 6.45) is 0. The van der Waals surface area contributed by atoms with Crippen molar-refractivity contribution in [3.63, 3.8) is 0 Å². The number of Topliss-reactive ketones (excluding diaryl/α,β-unsaturated/α-hetero) is 1. The molecule has 0 aliphatic carbocycles. The highest BCUT2D eigenvalue weighted by atomic mass is 35.5. The Hall–Kier alpha value is -1.80. The van der Waals surface area contributed by atoms with Gasteiger partial charge in [-0.3, -0.25) is 4.79 Å². The highest BCUT2D eigenvalue weighted by Crippen LogP contribution is 2.24. The van der Waals surface area contributed by atoms with Crippen LogP contribution in [0.1, 0.15) is 36.7 Å². The molecule has 0 aliphatic heterocycles. The minimum absolute atomic E-state index is 0.0243. The number of hydrogen-bond acceptors (Lipinski definition) is 2. The van der Waals surface area contributed by atoms with Gasteiger partial charge in [0.25, 0.3) is 0 Å². The predicted molar refractivity (Wildman–Crippen MR) is 86.4 cm³/mol. The van der Waals surface area contributed by atoms with Gasteiger partial charge in [-0.2, -0.15) is 0 Å². The molecule has 0 radical (unpaired) electrons. The zero-order valence-corrected chi connectivity index (χ0v) is 13.3. The van der Waals surface area contributed by atoms with E-state index >= 15 is 0 Å². The van der Waals surface area contributed by atoms with Gasteiger partial charge in [-0.25, -0.2) is 0 Å². The average molecular weight is 303 g/mol. The first kappa shape index (κ1) is 15.6. The molecule has 0 aromatic heterocycles. The molecule has 0 saturated carbocycles. The fourth-order valence-electron chi connectivity index (χ4n) is 1.92. The van der Waals surface area contributed by atoms with Crippen molar-refractivity contribution >= 4 is 17.4 Å². The molecule has 0 spiro atoms. The molecule has 2 nitrogen and oxygen atoms in total. The van der Waals surface area contributed by atoms with Gasteiger partial charge in [-0.1, -0.05) is 44.5 Å². The molecule has 21 heavy (non-hydrogen) atoms. The van der Waals surface area contributed by atoms with Gasteiger partial charge in [0.15, 0.2) is 12.4 Å². The SMILES string of the molecule is CC(C)(C)c1ccc(OCC(=O)c2ccc(Cl)cc2)cc1. The molecule has 0 unspecified atom stereocenters. The molecular weight excluding hydrogens is 284 g/mol. The van der Waals surface area contributed by atoms with Crippen LogP contribution in [0.25, 0.3) is 0 Å². The Kier molecular flexibility index (Phi) is 4.69. The van der Waals surface area contributed by atoms with Gasteiger partial charge < -0.3 is 4.74 Å². The Morgan fingerprint density at radius 1 is 1.00 bits per heavy atom. The fraction of sp³-hybridized carbons (Fsp3) is 0.278. The molecule has 3 heteroatoms. The first-order valence-corrected chi connectivity index (χ1v) is 7.26. The standard InChI is InChI=1S/C18H19ClO2/c1-18(2,3)14-6-10-16(11-7-14)21-12-17(20)13-4-8-15(19)9-5-13/h4-11H,12H2,1-3H3. The first-order valence-electron chi connectivity index (χ1n) is 6.88. The number of ether oxygens (including phenoxy) is 1. The molecule has 0 bridgehead atoms. The molecule has 0 fully saturated rings. The second kappa shape index (κ2) is 6.31. The lowest BCUT2D eigenvalue weighted by atomic mass is 9.87. The third kappa shape index (κ3) is 4.33. The quantitative estimate of drug-likeness (QED) is 0.751. The fourth-order valence-corrected chi connectivity index (χ4v) is 2.05. The molecule has 110 valence electrons. The molecule has 0 amide bonds. The van der Waals surface area contributed by atoms with Gasteiger partial charge in [0.1, 0.15) is 5.75 Å². The van der Waals surface area contributed by atoms with Crippen molar-refractivity contribution in [3.8, 4) is 5.75 Å². The summed E-state index contributed by atoms with van der Waals surface area (Å²) in [7, 11) is 0. The Bertz CT molecular complexity index is 607. The van der Waals surface area contributed by atoms with E-state index in [2.05, 4.69) is 20.8 Å². The lowest BCUT2D eigenvalue weighted by Crippen LogP contribution is -2.12. The average Bonchev–Trinajstić information content (AvgIpc) is 2.45. The maximum atomic E-state index is 12.0. The summed E-state index contributed by atoms with van der Waals surface area (Å²) >= 11 is 5.80. The van der Waals surface area contributed by atoms with E-state index in [1.54, 1.807) is 24.3 Å². The van der Waals surface area contributed by atoms with Gasteiger partial charge in [-0.15, -0.1) is 0 Å². The van der Waals surface area contributed by atoms with E-state index in [9.17, 15) is 4.79 Å². The van der Waals surface area contributed by atoms with Crippen LogP contribution >= 0.6 is 11.6 Å². The Morgan fingerprint density at radius 3 is 2.10 bits per heavy atom. The summed E-state index contributed by atoms with van der Waals surface area (Å²) < 4.78 is 5.54. The number of carbonyl (C=O) groups excluding carboxylic acids is 1. The van der Waals surface area contributed by atoms with E-state index < -0.39 is 0 Å². The summed E-state index contributed by atoms with van der Waals surface area (Å²) in [6.45, 7) is 6.50. The van der Waals surface area contributed by atoms with Crippen LogP contribution in [0.15, 0.2) is 48.5 Å². The molecule has 2 rings (SSSR count). The Balaban J connectivity index is 1.97. The molecule has 0 aliphatic rings. The third-order valence-electron chi connectivity index (χ3n) is 3.26. The van der Waals surface area contributed by atoms with Crippen molar-refractivity contribution in [3.05, 3.63) is 64.7 Å². The number of hydrogen-bond donors (Lipinski definition) is 0. The van der Waals surface area contributed by atoms with Gasteiger partial charge >= 0.3 is 0 Å². The maximum Gasteiger partial charge on any atom is 0.200 e. The molecule has 0 heterocycles. The van der Waals surface area contributed by atoms with Gasteiger partial charge in [-0.05, 0) is 47.4 Å². The smallest absolute Gasteiger partial charge is 0.200 e. The maximum absolute atomic E-state index is 12.0. The lowest BCUT2D eigenvalue weighted by molar-refractivity contribution is 0.0921. The van der Waals surface area contributed by atoms with Crippen molar-refractivity contribution in [2.75, 3.05) is 6.61 Å². The Labute approximate surface area is 130 Å². The zero-order chi connectivity index (χ0) is 15.5. The van der Waals surface area contributed by atoms with Crippen LogP contribution in [0.3, 0.4) is 0 Å². The van der Waals surface area contributed by atoms with Crippen LogP contribution in [0, 0.1) is 0 Å². The topological polar surface area (TPSA) is 26.3 Å². The van der Waals surface area contributed by atoms with E-state index in [-0.39, 0.29) is 17.8 Å². The first-order chi connectivity index (χ1) is 9.86. The largest absolute Gasteiger partial charge is 0.485 e. The number of carbonyl (C=O) groups is 1. The molecule has 0 N–H and O–H groups in total. The molecule has 0 atom stereocenters. The van der Waals surface area contributed by atoms with Crippen molar-refractivity contribution in [2.24, 2.45) is 0 Å². The van der Waals surface area contributed by atoms with Gasteiger partial charge in [0.2, 0.25) is 0 Å². The van der Waals surface area contributed by atoms with Crippen LogP contribution in [-0.2, 0) is 5.41 Å². The summed E-state index contributed by atoms with van der Waals surface area (Å²) in [5, 5.41) is 0.616. The molecular formula is C18H19ClO2. The number of rotatable bonds is 4. The lowest BCUT2D eigenvalue weighted by Gasteiger charge is -2.19. The molecule has 0 saturated heterocycles. The number of halogens is 1. The van der Waals surface area contributed by atoms with Crippen LogP contribution in [0.4, 0.5) is 0 Å². The van der Waals surface area contributed by atoms with Gasteiger partial charge in [0, 0.05) is 10.6 Å². The highest BCUT2D eigenvalue weighted by Gasteiger charge is 2.13. The highest BCUT2D eigenvalue weighted by molar-refractivity contribution is 6.30. The monoisotopic (exact) mass is 302 g/mol. The molecule has 2 aromatic rings. The van der Waals surface area contributed by atoms with Gasteiger partial charge in [0.05, 0.1) is 0 Å². The van der Waals surface area contributed by atoms with E-state index in [1.165, 1.54) is 5.56 Å². The minimum atomic E-state index is -0.0634. The summed E-state index contributed by atoms with van der Waals surface area (Å²) in [5.74, 6) is 0.636. The van der Waals surface area contributed by atoms with E-state index in [0.29, 0.717) is 16.3 Å². The summed E-state index contributed by atoms with van der Waals surface area (Å²) in [5.41, 5.74) is 1.95.